The third-order valence-electron chi connectivity index (χ3n) is 3.42. The Hall–Kier alpha value is -1.44. The van der Waals surface area contributed by atoms with Crippen molar-refractivity contribution in [2.24, 2.45) is 0 Å². The molecule has 2 aliphatic rings. The van der Waals surface area contributed by atoms with Gasteiger partial charge in [0.1, 0.15) is 11.4 Å². The minimum Gasteiger partial charge on any atom is -0.482 e. The summed E-state index contributed by atoms with van der Waals surface area (Å²) in [4.78, 5) is 0. The van der Waals surface area contributed by atoms with E-state index < -0.39 is 0 Å². The van der Waals surface area contributed by atoms with Gasteiger partial charge in [0, 0.05) is 11.3 Å². The van der Waals surface area contributed by atoms with Gasteiger partial charge in [0.05, 0.1) is 0 Å². The van der Waals surface area contributed by atoms with E-state index in [4.69, 9.17) is 10.5 Å². The molecule has 1 aromatic rings. The van der Waals surface area contributed by atoms with Crippen molar-refractivity contribution < 1.29 is 4.74 Å². The van der Waals surface area contributed by atoms with Gasteiger partial charge in [0.2, 0.25) is 0 Å². The summed E-state index contributed by atoms with van der Waals surface area (Å²) in [6.07, 6.45) is 9.12. The Kier molecular flexibility index (Phi) is 1.78. The maximum absolute atomic E-state index is 6.09. The summed E-state index contributed by atoms with van der Waals surface area (Å²) in [6.45, 7) is 0. The lowest BCUT2D eigenvalue weighted by atomic mass is 9.96. The molecule has 15 heavy (non-hydrogen) atoms. The normalized spacial score (nSPS) is 21.3. The van der Waals surface area contributed by atoms with Crippen LogP contribution < -0.4 is 10.5 Å². The van der Waals surface area contributed by atoms with Crippen LogP contribution in [-0.2, 0) is 0 Å². The standard InChI is InChI=1S/C13H15NO/c14-11-4-3-5-12-10(11)6-9-13(15-12)7-1-2-8-13/h3-6,9H,1-2,7-8,14H2. The molecule has 0 radical (unpaired) electrons. The third-order valence-corrected chi connectivity index (χ3v) is 3.42. The number of hydrogen-bond acceptors (Lipinski definition) is 2. The Bertz CT molecular complexity index is 417. The highest BCUT2D eigenvalue weighted by Crippen LogP contribution is 2.42. The highest BCUT2D eigenvalue weighted by atomic mass is 16.5. The molecule has 1 aliphatic heterocycles. The van der Waals surface area contributed by atoms with Gasteiger partial charge < -0.3 is 10.5 Å². The number of hydrogen-bond donors (Lipinski definition) is 1. The van der Waals surface area contributed by atoms with Crippen LogP contribution in [0.15, 0.2) is 24.3 Å². The second kappa shape index (κ2) is 3.02. The Labute approximate surface area is 89.7 Å². The van der Waals surface area contributed by atoms with Gasteiger partial charge in [0.15, 0.2) is 0 Å². The van der Waals surface area contributed by atoms with Gasteiger partial charge in [-0.15, -0.1) is 0 Å². The summed E-state index contributed by atoms with van der Waals surface area (Å²) >= 11 is 0. The SMILES string of the molecule is Nc1cccc2c1C=CC1(CCCC1)O2. The van der Waals surface area contributed by atoms with E-state index in [0.29, 0.717) is 0 Å². The van der Waals surface area contributed by atoms with E-state index in [1.165, 1.54) is 12.8 Å². The zero-order valence-corrected chi connectivity index (χ0v) is 8.70. The molecule has 1 saturated carbocycles. The Balaban J connectivity index is 2.03. The van der Waals surface area contributed by atoms with Crippen LogP contribution in [0.2, 0.25) is 0 Å². The molecule has 0 atom stereocenters. The largest absolute Gasteiger partial charge is 0.482 e. The zero-order valence-electron chi connectivity index (χ0n) is 8.70. The fraction of sp³-hybridized carbons (Fsp3) is 0.385. The summed E-state index contributed by atoms with van der Waals surface area (Å²) < 4.78 is 6.09. The van der Waals surface area contributed by atoms with Crippen molar-refractivity contribution in [3.8, 4) is 5.75 Å². The maximum atomic E-state index is 6.09. The van der Waals surface area contributed by atoms with Crippen molar-refractivity contribution in [3.05, 3.63) is 29.8 Å². The number of anilines is 1. The molecule has 0 amide bonds. The minimum absolute atomic E-state index is 0.0270. The quantitative estimate of drug-likeness (QED) is 0.655. The summed E-state index contributed by atoms with van der Waals surface area (Å²) in [5, 5.41) is 0. The van der Waals surface area contributed by atoms with Gasteiger partial charge >= 0.3 is 0 Å². The summed E-state index contributed by atoms with van der Waals surface area (Å²) in [7, 11) is 0. The number of benzene rings is 1. The molecule has 1 aromatic carbocycles. The van der Waals surface area contributed by atoms with Crippen molar-refractivity contribution >= 4 is 11.8 Å². The highest BCUT2D eigenvalue weighted by Gasteiger charge is 2.36. The molecule has 1 heterocycles. The second-order valence-corrected chi connectivity index (χ2v) is 4.47. The van der Waals surface area contributed by atoms with E-state index in [0.717, 1.165) is 29.8 Å². The van der Waals surface area contributed by atoms with Gasteiger partial charge in [-0.1, -0.05) is 6.07 Å². The lowest BCUT2D eigenvalue weighted by Crippen LogP contribution is -2.32. The summed E-state index contributed by atoms with van der Waals surface area (Å²) in [6, 6.07) is 5.88. The van der Waals surface area contributed by atoms with Crippen molar-refractivity contribution in [2.45, 2.75) is 31.3 Å². The van der Waals surface area contributed by atoms with E-state index in [2.05, 4.69) is 12.2 Å². The van der Waals surface area contributed by atoms with Crippen LogP contribution in [0.3, 0.4) is 0 Å². The van der Waals surface area contributed by atoms with Gasteiger partial charge in [-0.25, -0.2) is 0 Å². The van der Waals surface area contributed by atoms with E-state index in [1.54, 1.807) is 0 Å². The Morgan fingerprint density at radius 3 is 2.80 bits per heavy atom. The van der Waals surface area contributed by atoms with E-state index in [-0.39, 0.29) is 5.60 Å². The first-order valence-corrected chi connectivity index (χ1v) is 5.56. The molecule has 2 nitrogen and oxygen atoms in total. The van der Waals surface area contributed by atoms with E-state index in [1.807, 2.05) is 18.2 Å². The maximum Gasteiger partial charge on any atom is 0.129 e. The minimum atomic E-state index is -0.0270. The first-order valence-electron chi connectivity index (χ1n) is 5.56. The van der Waals surface area contributed by atoms with Crippen LogP contribution in [0.4, 0.5) is 5.69 Å². The van der Waals surface area contributed by atoms with Gasteiger partial charge in [-0.3, -0.25) is 0 Å². The number of nitrogens with two attached hydrogens (primary N) is 1. The number of fused-ring (bicyclic) bond motifs is 1. The Morgan fingerprint density at radius 2 is 2.00 bits per heavy atom. The summed E-state index contributed by atoms with van der Waals surface area (Å²) in [5.41, 5.74) is 7.71. The summed E-state index contributed by atoms with van der Waals surface area (Å²) in [5.74, 6) is 0.944. The third kappa shape index (κ3) is 1.32. The zero-order chi connectivity index (χ0) is 10.3. The fourth-order valence-corrected chi connectivity index (χ4v) is 2.56. The number of rotatable bonds is 0. The molecule has 0 saturated heterocycles. The van der Waals surface area contributed by atoms with Crippen LogP contribution >= 0.6 is 0 Å². The molecule has 3 rings (SSSR count). The molecule has 78 valence electrons. The predicted molar refractivity (Wildman–Crippen MR) is 61.7 cm³/mol. The fourth-order valence-electron chi connectivity index (χ4n) is 2.56. The van der Waals surface area contributed by atoms with Crippen LogP contribution in [0, 0.1) is 0 Å². The number of nitrogen functional groups attached to an aromatic ring is 1. The first kappa shape index (κ1) is 8.84. The molecular weight excluding hydrogens is 186 g/mol. The molecule has 1 fully saturated rings. The smallest absolute Gasteiger partial charge is 0.129 e. The van der Waals surface area contributed by atoms with Crippen molar-refractivity contribution in [1.29, 1.82) is 0 Å². The highest BCUT2D eigenvalue weighted by molar-refractivity contribution is 5.72. The topological polar surface area (TPSA) is 35.2 Å². The molecular formula is C13H15NO. The molecule has 2 N–H and O–H groups in total. The van der Waals surface area contributed by atoms with Gasteiger partial charge in [-0.05, 0) is 50.0 Å². The molecule has 0 unspecified atom stereocenters. The molecule has 0 bridgehead atoms. The monoisotopic (exact) mass is 201 g/mol. The average Bonchev–Trinajstić information content (AvgIpc) is 2.66. The number of ether oxygens (including phenoxy) is 1. The van der Waals surface area contributed by atoms with Crippen molar-refractivity contribution in [1.82, 2.24) is 0 Å². The first-order chi connectivity index (χ1) is 7.29. The van der Waals surface area contributed by atoms with Crippen LogP contribution in [0.25, 0.3) is 6.08 Å². The average molecular weight is 201 g/mol. The van der Waals surface area contributed by atoms with Crippen LogP contribution in [0.1, 0.15) is 31.2 Å². The van der Waals surface area contributed by atoms with Gasteiger partial charge in [-0.2, -0.15) is 0 Å². The van der Waals surface area contributed by atoms with E-state index >= 15 is 0 Å². The molecule has 1 spiro atoms. The van der Waals surface area contributed by atoms with Crippen molar-refractivity contribution in [2.75, 3.05) is 5.73 Å². The van der Waals surface area contributed by atoms with Gasteiger partial charge in [0.25, 0.3) is 0 Å². The molecule has 1 aliphatic carbocycles. The predicted octanol–water partition coefficient (Wildman–Crippen LogP) is 2.99. The molecule has 0 aromatic heterocycles. The van der Waals surface area contributed by atoms with Crippen molar-refractivity contribution in [3.63, 3.8) is 0 Å². The Morgan fingerprint density at radius 1 is 1.20 bits per heavy atom. The lowest BCUT2D eigenvalue weighted by molar-refractivity contribution is 0.125. The van der Waals surface area contributed by atoms with E-state index in [9.17, 15) is 0 Å². The van der Waals surface area contributed by atoms with Crippen LogP contribution in [-0.4, -0.2) is 5.60 Å². The van der Waals surface area contributed by atoms with Crippen LogP contribution in [0.5, 0.6) is 5.75 Å². The molecule has 2 heteroatoms. The second-order valence-electron chi connectivity index (χ2n) is 4.47. The lowest BCUT2D eigenvalue weighted by Gasteiger charge is -2.31.